The lowest BCUT2D eigenvalue weighted by atomic mass is 10.1. The summed E-state index contributed by atoms with van der Waals surface area (Å²) >= 11 is 0. The van der Waals surface area contributed by atoms with Gasteiger partial charge in [0.25, 0.3) is 0 Å². The highest BCUT2D eigenvalue weighted by Gasteiger charge is 2.21. The van der Waals surface area contributed by atoms with E-state index in [4.69, 9.17) is 15.5 Å². The molecule has 2 rings (SSSR count). The summed E-state index contributed by atoms with van der Waals surface area (Å²) in [6.45, 7) is 9.52. The molecule has 1 aromatic rings. The standard InChI is InChI=1S/C19H31N5O2.HI/c1-4-21-19(23-16-8-10-24(11-9-16)18(20)25)22-13-15-6-7-17(26-5-2)14(3)12-15;/h6-7,12,16H,4-5,8-11,13H2,1-3H3,(H2,20,25)(H2,21,22,23);1H. The number of carbonyl (C=O) groups is 1. The average Bonchev–Trinajstić information content (AvgIpc) is 2.62. The fourth-order valence-electron chi connectivity index (χ4n) is 3.06. The van der Waals surface area contributed by atoms with Crippen LogP contribution in [0.5, 0.6) is 5.75 Å². The van der Waals surface area contributed by atoms with Gasteiger partial charge in [0.05, 0.1) is 13.2 Å². The van der Waals surface area contributed by atoms with Crippen molar-refractivity contribution >= 4 is 36.0 Å². The summed E-state index contributed by atoms with van der Waals surface area (Å²) in [6.07, 6.45) is 1.74. The molecule has 0 unspecified atom stereocenters. The van der Waals surface area contributed by atoms with Crippen LogP contribution in [0.3, 0.4) is 0 Å². The molecular formula is C19H32IN5O2. The predicted octanol–water partition coefficient (Wildman–Crippen LogP) is 2.61. The van der Waals surface area contributed by atoms with E-state index in [0.29, 0.717) is 32.3 Å². The Hall–Kier alpha value is -1.71. The quantitative estimate of drug-likeness (QED) is 0.326. The number of piperidine rings is 1. The maximum atomic E-state index is 11.2. The number of benzene rings is 1. The van der Waals surface area contributed by atoms with Crippen LogP contribution in [0.2, 0.25) is 0 Å². The van der Waals surface area contributed by atoms with E-state index >= 15 is 0 Å². The van der Waals surface area contributed by atoms with Gasteiger partial charge in [-0.3, -0.25) is 0 Å². The number of nitrogens with one attached hydrogen (secondary N) is 2. The van der Waals surface area contributed by atoms with Crippen molar-refractivity contribution in [2.45, 2.75) is 46.2 Å². The molecule has 0 aromatic heterocycles. The molecule has 4 N–H and O–H groups in total. The Kier molecular flexibility index (Phi) is 10.3. The van der Waals surface area contributed by atoms with Gasteiger partial charge in [0.15, 0.2) is 5.96 Å². The molecule has 1 aliphatic rings. The number of aryl methyl sites for hydroxylation is 1. The molecule has 0 radical (unpaired) electrons. The minimum Gasteiger partial charge on any atom is -0.494 e. The molecule has 0 aliphatic carbocycles. The largest absolute Gasteiger partial charge is 0.494 e. The lowest BCUT2D eigenvalue weighted by Crippen LogP contribution is -2.50. The van der Waals surface area contributed by atoms with Crippen molar-refractivity contribution in [1.82, 2.24) is 15.5 Å². The minimum absolute atomic E-state index is 0. The van der Waals surface area contributed by atoms with Crippen molar-refractivity contribution in [3.8, 4) is 5.75 Å². The molecule has 1 saturated heterocycles. The van der Waals surface area contributed by atoms with Crippen LogP contribution in [0.4, 0.5) is 4.79 Å². The second-order valence-corrected chi connectivity index (χ2v) is 6.47. The summed E-state index contributed by atoms with van der Waals surface area (Å²) in [5.74, 6) is 1.73. The molecule has 0 spiro atoms. The first-order valence-corrected chi connectivity index (χ1v) is 9.35. The first kappa shape index (κ1) is 23.3. The molecule has 1 aromatic carbocycles. The van der Waals surface area contributed by atoms with Gasteiger partial charge in [-0.2, -0.15) is 0 Å². The van der Waals surface area contributed by atoms with E-state index in [1.54, 1.807) is 4.90 Å². The number of guanidine groups is 1. The number of nitrogens with two attached hydrogens (primary N) is 1. The molecule has 0 saturated carbocycles. The minimum atomic E-state index is -0.338. The number of urea groups is 1. The van der Waals surface area contributed by atoms with Gasteiger partial charge in [-0.25, -0.2) is 9.79 Å². The topological polar surface area (TPSA) is 92.0 Å². The number of aliphatic imine (C=N–C) groups is 1. The molecule has 27 heavy (non-hydrogen) atoms. The van der Waals surface area contributed by atoms with Crippen LogP contribution < -0.4 is 21.1 Å². The summed E-state index contributed by atoms with van der Waals surface area (Å²) in [6, 6.07) is 6.13. The van der Waals surface area contributed by atoms with Gasteiger partial charge in [-0.1, -0.05) is 12.1 Å². The molecule has 1 heterocycles. The highest BCUT2D eigenvalue weighted by atomic mass is 127. The maximum absolute atomic E-state index is 11.2. The summed E-state index contributed by atoms with van der Waals surface area (Å²) in [5.41, 5.74) is 7.60. The Labute approximate surface area is 179 Å². The normalized spacial score (nSPS) is 15.1. The van der Waals surface area contributed by atoms with E-state index in [9.17, 15) is 4.79 Å². The highest BCUT2D eigenvalue weighted by Crippen LogP contribution is 2.19. The number of hydrogen-bond acceptors (Lipinski definition) is 3. The van der Waals surface area contributed by atoms with E-state index in [2.05, 4.69) is 22.8 Å². The second kappa shape index (κ2) is 11.9. The highest BCUT2D eigenvalue weighted by molar-refractivity contribution is 14.0. The van der Waals surface area contributed by atoms with E-state index in [1.807, 2.05) is 26.8 Å². The monoisotopic (exact) mass is 489 g/mol. The fourth-order valence-corrected chi connectivity index (χ4v) is 3.06. The SMILES string of the molecule is CCNC(=NCc1ccc(OCC)c(C)c1)NC1CCN(C(N)=O)CC1.I. The first-order chi connectivity index (χ1) is 12.5. The third kappa shape index (κ3) is 7.43. The summed E-state index contributed by atoms with van der Waals surface area (Å²) in [5, 5.41) is 6.76. The Morgan fingerprint density at radius 1 is 1.33 bits per heavy atom. The smallest absolute Gasteiger partial charge is 0.314 e. The maximum Gasteiger partial charge on any atom is 0.314 e. The molecule has 8 heteroatoms. The molecule has 152 valence electrons. The first-order valence-electron chi connectivity index (χ1n) is 9.35. The lowest BCUT2D eigenvalue weighted by Gasteiger charge is -2.32. The van der Waals surface area contributed by atoms with Crippen molar-refractivity contribution in [2.75, 3.05) is 26.2 Å². The Morgan fingerprint density at radius 2 is 2.04 bits per heavy atom. The van der Waals surface area contributed by atoms with Gasteiger partial charge in [-0.05, 0) is 50.8 Å². The van der Waals surface area contributed by atoms with Crippen LogP contribution in [0, 0.1) is 6.92 Å². The van der Waals surface area contributed by atoms with E-state index in [1.165, 1.54) is 0 Å². The number of carbonyl (C=O) groups excluding carboxylic acids is 1. The predicted molar refractivity (Wildman–Crippen MR) is 120 cm³/mol. The number of hydrogen-bond donors (Lipinski definition) is 3. The van der Waals surface area contributed by atoms with Crippen molar-refractivity contribution in [2.24, 2.45) is 10.7 Å². The van der Waals surface area contributed by atoms with Gasteiger partial charge in [0, 0.05) is 25.7 Å². The molecule has 2 amide bonds. The van der Waals surface area contributed by atoms with Crippen LogP contribution in [0.25, 0.3) is 0 Å². The number of primary amides is 1. The third-order valence-electron chi connectivity index (χ3n) is 4.45. The average molecular weight is 489 g/mol. The summed E-state index contributed by atoms with van der Waals surface area (Å²) in [7, 11) is 0. The van der Waals surface area contributed by atoms with Crippen LogP contribution in [-0.4, -0.2) is 49.2 Å². The van der Waals surface area contributed by atoms with Crippen LogP contribution in [0.1, 0.15) is 37.8 Å². The van der Waals surface area contributed by atoms with Crippen molar-refractivity contribution in [3.05, 3.63) is 29.3 Å². The van der Waals surface area contributed by atoms with Crippen molar-refractivity contribution < 1.29 is 9.53 Å². The number of halogens is 1. The number of likely N-dealkylation sites (tertiary alicyclic amines) is 1. The molecule has 7 nitrogen and oxygen atoms in total. The second-order valence-electron chi connectivity index (χ2n) is 6.47. The number of rotatable bonds is 6. The van der Waals surface area contributed by atoms with Gasteiger partial charge in [0.1, 0.15) is 5.75 Å². The Bertz CT molecular complexity index is 631. The lowest BCUT2D eigenvalue weighted by molar-refractivity contribution is 0.188. The van der Waals surface area contributed by atoms with Gasteiger partial charge < -0.3 is 26.0 Å². The fraction of sp³-hybridized carbons (Fsp3) is 0.579. The Balaban J connectivity index is 0.00000364. The van der Waals surface area contributed by atoms with Gasteiger partial charge >= 0.3 is 6.03 Å². The number of amides is 2. The number of nitrogens with zero attached hydrogens (tertiary/aromatic N) is 2. The molecule has 1 fully saturated rings. The molecule has 0 bridgehead atoms. The van der Waals surface area contributed by atoms with E-state index in [0.717, 1.165) is 42.2 Å². The Morgan fingerprint density at radius 3 is 2.59 bits per heavy atom. The van der Waals surface area contributed by atoms with E-state index in [-0.39, 0.29) is 30.0 Å². The zero-order valence-corrected chi connectivity index (χ0v) is 18.8. The number of ether oxygens (including phenoxy) is 1. The zero-order valence-electron chi connectivity index (χ0n) is 16.5. The van der Waals surface area contributed by atoms with Gasteiger partial charge in [-0.15, -0.1) is 24.0 Å². The zero-order chi connectivity index (χ0) is 18.9. The van der Waals surface area contributed by atoms with Crippen LogP contribution >= 0.6 is 24.0 Å². The van der Waals surface area contributed by atoms with Crippen LogP contribution in [-0.2, 0) is 6.54 Å². The molecular weight excluding hydrogens is 457 g/mol. The van der Waals surface area contributed by atoms with Crippen molar-refractivity contribution in [3.63, 3.8) is 0 Å². The summed E-state index contributed by atoms with van der Waals surface area (Å²) in [4.78, 5) is 17.6. The van der Waals surface area contributed by atoms with Gasteiger partial charge in [0.2, 0.25) is 0 Å². The van der Waals surface area contributed by atoms with Crippen molar-refractivity contribution in [1.29, 1.82) is 0 Å². The third-order valence-corrected chi connectivity index (χ3v) is 4.45. The van der Waals surface area contributed by atoms with Crippen LogP contribution in [0.15, 0.2) is 23.2 Å². The molecule has 1 aliphatic heterocycles. The van der Waals surface area contributed by atoms with E-state index < -0.39 is 0 Å². The molecule has 0 atom stereocenters. The summed E-state index contributed by atoms with van der Waals surface area (Å²) < 4.78 is 5.58.